The van der Waals surface area contributed by atoms with Gasteiger partial charge in [0, 0.05) is 17.1 Å². The second kappa shape index (κ2) is 12.0. The van der Waals surface area contributed by atoms with Gasteiger partial charge in [-0.05, 0) is 67.4 Å². The molecule has 0 aliphatic carbocycles. The number of nitrogens with zero attached hydrogens (tertiary/aromatic N) is 1. The number of thiophene rings is 1. The van der Waals surface area contributed by atoms with Gasteiger partial charge >= 0.3 is 6.09 Å². The largest absolute Gasteiger partial charge is 0.457 e. The van der Waals surface area contributed by atoms with Crippen LogP contribution in [0.15, 0.2) is 78.9 Å². The van der Waals surface area contributed by atoms with Gasteiger partial charge in [-0.2, -0.15) is 0 Å². The predicted molar refractivity (Wildman–Crippen MR) is 151 cm³/mol. The molecule has 3 amide bonds. The maximum absolute atomic E-state index is 14.3. The quantitative estimate of drug-likeness (QED) is 0.263. The van der Waals surface area contributed by atoms with Crippen LogP contribution in [0.4, 0.5) is 19.9 Å². The number of hydrogen-bond acceptors (Lipinski definition) is 6. The molecule has 0 radical (unpaired) electrons. The fourth-order valence-electron chi connectivity index (χ4n) is 4.34. The molecule has 0 saturated heterocycles. The van der Waals surface area contributed by atoms with Crippen molar-refractivity contribution in [2.75, 3.05) is 23.8 Å². The maximum Gasteiger partial charge on any atom is 0.410 e. The first kappa shape index (κ1) is 26.9. The molecule has 0 saturated carbocycles. The zero-order valence-corrected chi connectivity index (χ0v) is 22.4. The molecule has 10 heteroatoms. The van der Waals surface area contributed by atoms with Crippen LogP contribution in [-0.4, -0.2) is 36.0 Å². The van der Waals surface area contributed by atoms with Gasteiger partial charge in [0.2, 0.25) is 0 Å². The minimum Gasteiger partial charge on any atom is -0.457 e. The van der Waals surface area contributed by atoms with Gasteiger partial charge in [0.25, 0.3) is 11.8 Å². The van der Waals surface area contributed by atoms with E-state index in [1.54, 1.807) is 42.2 Å². The Balaban J connectivity index is 1.40. The van der Waals surface area contributed by atoms with Crippen molar-refractivity contribution in [3.8, 4) is 11.5 Å². The minimum atomic E-state index is -0.671. The highest BCUT2D eigenvalue weighted by molar-refractivity contribution is 7.17. The van der Waals surface area contributed by atoms with E-state index in [0.717, 1.165) is 10.4 Å². The molecule has 4 aromatic rings. The van der Waals surface area contributed by atoms with Crippen molar-refractivity contribution in [2.24, 2.45) is 0 Å². The molecule has 0 spiro atoms. The van der Waals surface area contributed by atoms with Crippen molar-refractivity contribution in [3.63, 3.8) is 0 Å². The lowest BCUT2D eigenvalue weighted by atomic mass is 10.0. The number of nitrogens with one attached hydrogen (secondary N) is 2. The molecule has 2 N–H and O–H groups in total. The summed E-state index contributed by atoms with van der Waals surface area (Å²) in [6, 6.07) is 21.9. The Labute approximate surface area is 234 Å². The van der Waals surface area contributed by atoms with Gasteiger partial charge in [-0.25, -0.2) is 9.18 Å². The van der Waals surface area contributed by atoms with E-state index in [0.29, 0.717) is 30.2 Å². The molecule has 0 atom stereocenters. The van der Waals surface area contributed by atoms with E-state index in [-0.39, 0.29) is 29.3 Å². The number of halogens is 1. The minimum absolute atomic E-state index is 0.137. The standard InChI is InChI=1S/C30H26FN3O5S/c1-2-38-30(37)34-17-16-23-25(18-34)40-29(33-27(35)22-10-6-7-11-24(22)31)26(23)28(36)32-19-12-14-21(15-13-19)39-20-8-4-3-5-9-20/h3-15H,2,16-18H2,1H3,(H,32,36)(H,33,35). The van der Waals surface area contributed by atoms with E-state index >= 15 is 0 Å². The van der Waals surface area contributed by atoms with Crippen LogP contribution >= 0.6 is 11.3 Å². The van der Waals surface area contributed by atoms with Crippen LogP contribution < -0.4 is 15.4 Å². The summed E-state index contributed by atoms with van der Waals surface area (Å²) in [5, 5.41) is 5.89. The second-order valence-electron chi connectivity index (χ2n) is 8.91. The van der Waals surface area contributed by atoms with Gasteiger partial charge in [0.15, 0.2) is 0 Å². The molecular formula is C30H26FN3O5S. The summed E-state index contributed by atoms with van der Waals surface area (Å²) < 4.78 is 25.2. The Kier molecular flexibility index (Phi) is 8.07. The molecule has 0 fully saturated rings. The first-order valence-electron chi connectivity index (χ1n) is 12.7. The van der Waals surface area contributed by atoms with Gasteiger partial charge in [-0.1, -0.05) is 30.3 Å². The highest BCUT2D eigenvalue weighted by atomic mass is 32.1. The molecule has 1 aliphatic rings. The number of carbonyl (C=O) groups excluding carboxylic acids is 3. The van der Waals surface area contributed by atoms with E-state index in [1.165, 1.54) is 29.5 Å². The third-order valence-electron chi connectivity index (χ3n) is 6.25. The molecular weight excluding hydrogens is 533 g/mol. The number of benzene rings is 3. The second-order valence-corrected chi connectivity index (χ2v) is 10.0. The van der Waals surface area contributed by atoms with E-state index in [2.05, 4.69) is 10.6 Å². The highest BCUT2D eigenvalue weighted by Gasteiger charge is 2.31. The lowest BCUT2D eigenvalue weighted by molar-refractivity contribution is 0.101. The summed E-state index contributed by atoms with van der Waals surface area (Å²) in [7, 11) is 0. The summed E-state index contributed by atoms with van der Waals surface area (Å²) in [4.78, 5) is 41.2. The Bertz CT molecular complexity index is 1540. The first-order chi connectivity index (χ1) is 19.4. The Morgan fingerprint density at radius 3 is 2.33 bits per heavy atom. The van der Waals surface area contributed by atoms with Gasteiger partial charge in [-0.15, -0.1) is 11.3 Å². The average Bonchev–Trinajstić information content (AvgIpc) is 3.32. The Hall–Kier alpha value is -4.70. The normalized spacial score (nSPS) is 12.3. The third-order valence-corrected chi connectivity index (χ3v) is 7.38. The molecule has 1 aromatic heterocycles. The number of ether oxygens (including phenoxy) is 2. The SMILES string of the molecule is CCOC(=O)N1CCc2c(sc(NC(=O)c3ccccc3F)c2C(=O)Nc2ccc(Oc3ccccc3)cc2)C1. The average molecular weight is 560 g/mol. The summed E-state index contributed by atoms with van der Waals surface area (Å²) >= 11 is 1.19. The van der Waals surface area contributed by atoms with Crippen molar-refractivity contribution in [1.82, 2.24) is 4.90 Å². The topological polar surface area (TPSA) is 97.0 Å². The van der Waals surface area contributed by atoms with Gasteiger partial charge in [0.1, 0.15) is 22.3 Å². The van der Waals surface area contributed by atoms with Crippen LogP contribution in [0.3, 0.4) is 0 Å². The van der Waals surface area contributed by atoms with Crippen LogP contribution in [0, 0.1) is 5.82 Å². The molecule has 1 aliphatic heterocycles. The predicted octanol–water partition coefficient (Wildman–Crippen LogP) is 6.70. The number of anilines is 2. The number of hydrogen-bond donors (Lipinski definition) is 2. The van der Waals surface area contributed by atoms with E-state index in [9.17, 15) is 18.8 Å². The number of amides is 3. The Morgan fingerprint density at radius 1 is 0.900 bits per heavy atom. The van der Waals surface area contributed by atoms with Crippen LogP contribution in [0.5, 0.6) is 11.5 Å². The first-order valence-corrected chi connectivity index (χ1v) is 13.5. The summed E-state index contributed by atoms with van der Waals surface area (Å²) in [6.45, 7) is 2.58. The molecule has 40 heavy (non-hydrogen) atoms. The number of carbonyl (C=O) groups is 3. The van der Waals surface area contributed by atoms with Crippen LogP contribution in [-0.2, 0) is 17.7 Å². The summed E-state index contributed by atoms with van der Waals surface area (Å²) in [5.74, 6) is -0.470. The number of fused-ring (bicyclic) bond motifs is 1. The fourth-order valence-corrected chi connectivity index (χ4v) is 5.60. The zero-order chi connectivity index (χ0) is 28.1. The Morgan fingerprint density at radius 2 is 1.60 bits per heavy atom. The van der Waals surface area contributed by atoms with Crippen molar-refractivity contribution in [1.29, 1.82) is 0 Å². The van der Waals surface area contributed by atoms with E-state index in [4.69, 9.17) is 9.47 Å². The smallest absolute Gasteiger partial charge is 0.410 e. The third kappa shape index (κ3) is 5.97. The van der Waals surface area contributed by atoms with Gasteiger partial charge in [0.05, 0.1) is 24.3 Å². The van der Waals surface area contributed by atoms with Crippen molar-refractivity contribution in [2.45, 2.75) is 19.9 Å². The van der Waals surface area contributed by atoms with E-state index in [1.807, 2.05) is 30.3 Å². The van der Waals surface area contributed by atoms with Crippen LogP contribution in [0.2, 0.25) is 0 Å². The van der Waals surface area contributed by atoms with Gasteiger partial charge < -0.3 is 25.0 Å². The molecule has 5 rings (SSSR count). The summed E-state index contributed by atoms with van der Waals surface area (Å²) in [5.41, 5.74) is 1.41. The lowest BCUT2D eigenvalue weighted by Gasteiger charge is -2.26. The molecule has 0 bridgehead atoms. The number of rotatable bonds is 7. The van der Waals surface area contributed by atoms with Gasteiger partial charge in [-0.3, -0.25) is 9.59 Å². The molecule has 8 nitrogen and oxygen atoms in total. The summed E-state index contributed by atoms with van der Waals surface area (Å²) in [6.07, 6.45) is -0.0467. The maximum atomic E-state index is 14.3. The van der Waals surface area contributed by atoms with Crippen molar-refractivity contribution >= 4 is 39.9 Å². The highest BCUT2D eigenvalue weighted by Crippen LogP contribution is 2.38. The zero-order valence-electron chi connectivity index (χ0n) is 21.6. The van der Waals surface area contributed by atoms with Crippen LogP contribution in [0.1, 0.15) is 38.1 Å². The van der Waals surface area contributed by atoms with Crippen molar-refractivity contribution in [3.05, 3.63) is 106 Å². The molecule has 3 aromatic carbocycles. The van der Waals surface area contributed by atoms with E-state index < -0.39 is 23.7 Å². The molecule has 2 heterocycles. The molecule has 204 valence electrons. The van der Waals surface area contributed by atoms with Crippen LogP contribution in [0.25, 0.3) is 0 Å². The molecule has 0 unspecified atom stereocenters. The monoisotopic (exact) mass is 559 g/mol. The lowest BCUT2D eigenvalue weighted by Crippen LogP contribution is -2.36. The number of para-hydroxylation sites is 1. The van der Waals surface area contributed by atoms with Crippen molar-refractivity contribution < 1.29 is 28.2 Å². The fraction of sp³-hybridized carbons (Fsp3) is 0.167.